The van der Waals surface area contributed by atoms with Gasteiger partial charge in [0.25, 0.3) is 0 Å². The normalized spacial score (nSPS) is 47.2. The molecule has 0 heterocycles. The number of Topliss-reactive ketones (excluding diaryl/α,β-unsaturated/α-hetero) is 1. The van der Waals surface area contributed by atoms with Gasteiger partial charge in [-0.3, -0.25) is 14.4 Å². The van der Waals surface area contributed by atoms with Gasteiger partial charge in [-0.1, -0.05) is 54.0 Å². The highest BCUT2D eigenvalue weighted by Gasteiger charge is 2.71. The molecule has 0 aromatic rings. The average Bonchev–Trinajstić information content (AvgIpc) is 2.82. The van der Waals surface area contributed by atoms with E-state index >= 15 is 0 Å². The number of carbonyl (C=O) groups excluding carboxylic acids is 3. The number of allylic oxidation sites excluding steroid dienone is 3. The highest BCUT2D eigenvalue weighted by atomic mass is 16.5. The first kappa shape index (κ1) is 26.7. The van der Waals surface area contributed by atoms with Gasteiger partial charge in [-0.05, 0) is 90.9 Å². The van der Waals surface area contributed by atoms with E-state index in [1.54, 1.807) is 0 Å². The van der Waals surface area contributed by atoms with Gasteiger partial charge in [0, 0.05) is 16.9 Å². The van der Waals surface area contributed by atoms with E-state index in [1.807, 2.05) is 19.9 Å². The third-order valence-electron chi connectivity index (χ3n) is 12.7. The standard InChI is InChI=1S/C32H46O5/c1-27(2)11-13-32(26(36)37-8)14-12-31(7)24(20(32)17-27)21(34)15-23-29(5)16-19(18-33)25(35)28(3,4)22(29)9-10-30(23,31)6/h15,18,20,22,24,33H,9-14,16-17H2,1-8H3/b19-18-/t20-,22?,24+,29+,30-,31-,32+/m1/s1. The highest BCUT2D eigenvalue weighted by Crippen LogP contribution is 2.75. The van der Waals surface area contributed by atoms with Gasteiger partial charge in [0.1, 0.15) is 0 Å². The Morgan fingerprint density at radius 1 is 1.00 bits per heavy atom. The molecule has 1 N–H and O–H groups in total. The van der Waals surface area contributed by atoms with Crippen LogP contribution in [-0.4, -0.2) is 29.8 Å². The molecular formula is C32H46O5. The van der Waals surface area contributed by atoms with Crippen molar-refractivity contribution < 1.29 is 24.2 Å². The summed E-state index contributed by atoms with van der Waals surface area (Å²) < 4.78 is 5.41. The second-order valence-electron chi connectivity index (χ2n) is 15.2. The predicted molar refractivity (Wildman–Crippen MR) is 143 cm³/mol. The minimum Gasteiger partial charge on any atom is -0.515 e. The molecule has 0 bridgehead atoms. The summed E-state index contributed by atoms with van der Waals surface area (Å²) in [6.07, 6.45) is 9.42. The largest absolute Gasteiger partial charge is 0.515 e. The van der Waals surface area contributed by atoms with Gasteiger partial charge >= 0.3 is 5.97 Å². The van der Waals surface area contributed by atoms with Gasteiger partial charge in [0.2, 0.25) is 0 Å². The molecule has 0 aliphatic heterocycles. The zero-order valence-corrected chi connectivity index (χ0v) is 24.1. The van der Waals surface area contributed by atoms with E-state index in [4.69, 9.17) is 4.74 Å². The van der Waals surface area contributed by atoms with Crippen LogP contribution >= 0.6 is 0 Å². The van der Waals surface area contributed by atoms with Crippen molar-refractivity contribution in [3.8, 4) is 0 Å². The lowest BCUT2D eigenvalue weighted by Gasteiger charge is -2.69. The summed E-state index contributed by atoms with van der Waals surface area (Å²) in [5, 5.41) is 10.0. The van der Waals surface area contributed by atoms with Crippen molar-refractivity contribution in [2.24, 2.45) is 50.2 Å². The number of aliphatic hydroxyl groups is 1. The van der Waals surface area contributed by atoms with Crippen LogP contribution in [0.4, 0.5) is 0 Å². The van der Waals surface area contributed by atoms with Crippen LogP contribution in [0.3, 0.4) is 0 Å². The Balaban J connectivity index is 1.68. The maximum absolute atomic E-state index is 14.4. The van der Waals surface area contributed by atoms with Crippen molar-refractivity contribution in [3.05, 3.63) is 23.5 Å². The van der Waals surface area contributed by atoms with E-state index in [0.717, 1.165) is 51.2 Å². The third kappa shape index (κ3) is 3.18. The van der Waals surface area contributed by atoms with Crippen LogP contribution in [0.15, 0.2) is 23.5 Å². The first-order chi connectivity index (χ1) is 17.0. The smallest absolute Gasteiger partial charge is 0.312 e. The number of carbonyl (C=O) groups is 3. The molecule has 0 saturated heterocycles. The third-order valence-corrected chi connectivity index (χ3v) is 12.7. The molecule has 4 fully saturated rings. The van der Waals surface area contributed by atoms with Crippen LogP contribution in [0.2, 0.25) is 0 Å². The van der Waals surface area contributed by atoms with Crippen molar-refractivity contribution in [1.29, 1.82) is 0 Å². The number of aliphatic hydroxyl groups excluding tert-OH is 1. The van der Waals surface area contributed by atoms with E-state index in [9.17, 15) is 19.5 Å². The molecule has 5 aliphatic rings. The topological polar surface area (TPSA) is 80.7 Å². The van der Waals surface area contributed by atoms with Crippen LogP contribution < -0.4 is 0 Å². The quantitative estimate of drug-likeness (QED) is 0.239. The number of rotatable bonds is 1. The molecule has 0 aromatic carbocycles. The van der Waals surface area contributed by atoms with Crippen molar-refractivity contribution in [3.63, 3.8) is 0 Å². The summed E-state index contributed by atoms with van der Waals surface area (Å²) in [5.74, 6) is -0.111. The van der Waals surface area contributed by atoms with Gasteiger partial charge in [-0.2, -0.15) is 0 Å². The number of hydrogen-bond donors (Lipinski definition) is 1. The molecule has 1 unspecified atom stereocenters. The minimum absolute atomic E-state index is 0.0258. The molecule has 5 aliphatic carbocycles. The van der Waals surface area contributed by atoms with Gasteiger partial charge in [-0.25, -0.2) is 0 Å². The van der Waals surface area contributed by atoms with Gasteiger partial charge in [0.15, 0.2) is 11.6 Å². The minimum atomic E-state index is -0.607. The number of fused-ring (bicyclic) bond motifs is 7. The van der Waals surface area contributed by atoms with E-state index in [2.05, 4.69) is 34.6 Å². The van der Waals surface area contributed by atoms with E-state index in [-0.39, 0.29) is 56.9 Å². The summed E-state index contributed by atoms with van der Waals surface area (Å²) in [6.45, 7) is 15.4. The maximum atomic E-state index is 14.4. The molecule has 5 heteroatoms. The number of hydrogen-bond acceptors (Lipinski definition) is 5. The number of ether oxygens (including phenoxy) is 1. The van der Waals surface area contributed by atoms with Gasteiger partial charge < -0.3 is 9.84 Å². The van der Waals surface area contributed by atoms with Crippen LogP contribution in [0.25, 0.3) is 0 Å². The highest BCUT2D eigenvalue weighted by molar-refractivity contribution is 6.01. The Morgan fingerprint density at radius 3 is 2.27 bits per heavy atom. The molecule has 204 valence electrons. The lowest BCUT2D eigenvalue weighted by Crippen LogP contribution is -2.66. The molecule has 0 spiro atoms. The summed E-state index contributed by atoms with van der Waals surface area (Å²) in [7, 11) is 1.49. The Hall–Kier alpha value is -1.91. The van der Waals surface area contributed by atoms with Crippen molar-refractivity contribution in [2.45, 2.75) is 99.8 Å². The van der Waals surface area contributed by atoms with Crippen molar-refractivity contribution in [2.75, 3.05) is 7.11 Å². The molecule has 4 saturated carbocycles. The molecule has 5 rings (SSSR count). The molecular weight excluding hydrogens is 464 g/mol. The van der Waals surface area contributed by atoms with Crippen LogP contribution in [0, 0.1) is 50.2 Å². The van der Waals surface area contributed by atoms with Crippen molar-refractivity contribution in [1.82, 2.24) is 0 Å². The number of methoxy groups -OCH3 is 1. The van der Waals surface area contributed by atoms with E-state index < -0.39 is 10.8 Å². The SMILES string of the molecule is COC(=O)[C@]12CCC(C)(C)C[C@@H]1[C@H]1C(=O)C=C3[C@@]4(C)C/C(=C/O)C(=O)C(C)(C)C4CC[C@@]3(C)[C@]1(C)CC2. The summed E-state index contributed by atoms with van der Waals surface area (Å²) in [5.41, 5.74) is -0.375. The predicted octanol–water partition coefficient (Wildman–Crippen LogP) is 6.76. The first-order valence-electron chi connectivity index (χ1n) is 14.3. The zero-order chi connectivity index (χ0) is 27.4. The Labute approximate surface area is 222 Å². The fourth-order valence-corrected chi connectivity index (χ4v) is 10.5. The second-order valence-corrected chi connectivity index (χ2v) is 15.2. The Kier molecular flexibility index (Phi) is 5.64. The van der Waals surface area contributed by atoms with Gasteiger partial charge in [-0.15, -0.1) is 0 Å². The first-order valence-corrected chi connectivity index (χ1v) is 14.3. The number of ketones is 2. The summed E-state index contributed by atoms with van der Waals surface area (Å²) >= 11 is 0. The molecule has 0 aromatic heterocycles. The van der Waals surface area contributed by atoms with Crippen molar-refractivity contribution >= 4 is 17.5 Å². The van der Waals surface area contributed by atoms with E-state index in [0.29, 0.717) is 12.0 Å². The molecule has 7 atom stereocenters. The average molecular weight is 511 g/mol. The number of esters is 1. The van der Waals surface area contributed by atoms with Crippen LogP contribution in [0.1, 0.15) is 99.8 Å². The zero-order valence-electron chi connectivity index (χ0n) is 24.1. The lowest BCUT2D eigenvalue weighted by atomic mass is 9.33. The van der Waals surface area contributed by atoms with E-state index in [1.165, 1.54) is 12.7 Å². The monoisotopic (exact) mass is 510 g/mol. The lowest BCUT2D eigenvalue weighted by molar-refractivity contribution is -0.192. The second kappa shape index (κ2) is 7.82. The van der Waals surface area contributed by atoms with Crippen LogP contribution in [0.5, 0.6) is 0 Å². The Bertz CT molecular complexity index is 1130. The molecule has 37 heavy (non-hydrogen) atoms. The summed E-state index contributed by atoms with van der Waals surface area (Å²) in [6, 6.07) is 0. The fraction of sp³-hybridized carbons (Fsp3) is 0.781. The summed E-state index contributed by atoms with van der Waals surface area (Å²) in [4.78, 5) is 41.0. The maximum Gasteiger partial charge on any atom is 0.312 e. The molecule has 0 amide bonds. The molecule has 5 nitrogen and oxygen atoms in total. The van der Waals surface area contributed by atoms with Crippen LogP contribution in [-0.2, 0) is 19.1 Å². The molecule has 0 radical (unpaired) electrons. The fourth-order valence-electron chi connectivity index (χ4n) is 10.5. The van der Waals surface area contributed by atoms with Gasteiger partial charge in [0.05, 0.1) is 18.8 Å². The Morgan fingerprint density at radius 2 is 1.65 bits per heavy atom.